The van der Waals surface area contributed by atoms with E-state index in [9.17, 15) is 4.79 Å². The number of fused-ring (bicyclic) bond motifs is 1. The minimum absolute atomic E-state index is 0.0432. The molecule has 1 aromatic carbocycles. The first-order chi connectivity index (χ1) is 12.1. The van der Waals surface area contributed by atoms with Gasteiger partial charge >= 0.3 is 0 Å². The molecule has 1 aliphatic rings. The third kappa shape index (κ3) is 2.95. The number of carbonyl (C=O) groups is 1. The molecule has 25 heavy (non-hydrogen) atoms. The number of anilines is 1. The molecule has 1 atom stereocenters. The van der Waals surface area contributed by atoms with E-state index in [1.807, 2.05) is 30.0 Å². The summed E-state index contributed by atoms with van der Waals surface area (Å²) in [6.07, 6.45) is 2.47. The molecular weight excluding hydrogens is 338 g/mol. The molecule has 0 aliphatic carbocycles. The molecule has 0 spiro atoms. The van der Waals surface area contributed by atoms with Crippen molar-refractivity contribution >= 4 is 23.4 Å². The first kappa shape index (κ1) is 16.0. The van der Waals surface area contributed by atoms with Crippen LogP contribution in [0.5, 0.6) is 0 Å². The van der Waals surface area contributed by atoms with Gasteiger partial charge in [0.15, 0.2) is 0 Å². The Morgan fingerprint density at radius 1 is 1.32 bits per heavy atom. The molecule has 0 saturated heterocycles. The summed E-state index contributed by atoms with van der Waals surface area (Å²) in [5, 5.41) is 8.41. The summed E-state index contributed by atoms with van der Waals surface area (Å²) in [5.41, 5.74) is 2.98. The maximum atomic E-state index is 12.7. The maximum Gasteiger partial charge on any atom is 0.277 e. The van der Waals surface area contributed by atoms with E-state index in [1.165, 1.54) is 17.3 Å². The Morgan fingerprint density at radius 2 is 2.16 bits per heavy atom. The molecule has 0 saturated carbocycles. The molecule has 128 valence electrons. The molecule has 1 aliphatic heterocycles. The van der Waals surface area contributed by atoms with Crippen molar-refractivity contribution in [2.75, 3.05) is 10.7 Å². The average molecular weight is 355 g/mol. The number of nitrogens with zero attached hydrogens (tertiary/aromatic N) is 3. The number of rotatable bonds is 4. The van der Waals surface area contributed by atoms with E-state index >= 15 is 0 Å². The van der Waals surface area contributed by atoms with Crippen molar-refractivity contribution in [2.24, 2.45) is 0 Å². The fraction of sp³-hybridized carbons (Fsp3) is 0.278. The average Bonchev–Trinajstić information content (AvgIpc) is 3.30. The van der Waals surface area contributed by atoms with Gasteiger partial charge in [-0.2, -0.15) is 0 Å². The third-order valence-corrected chi connectivity index (χ3v) is 5.09. The van der Waals surface area contributed by atoms with Crippen molar-refractivity contribution in [3.8, 4) is 11.5 Å². The second-order valence-corrected chi connectivity index (χ2v) is 6.92. The SMILES string of the molecule is Cc1occc1-c1nnc(SCC(=O)N2c3ccccc3C[C@@H]2C)o1. The van der Waals surface area contributed by atoms with Gasteiger partial charge in [0.05, 0.1) is 17.6 Å². The summed E-state index contributed by atoms with van der Waals surface area (Å²) in [5.74, 6) is 1.42. The third-order valence-electron chi connectivity index (χ3n) is 4.29. The largest absolute Gasteiger partial charge is 0.469 e. The van der Waals surface area contributed by atoms with Crippen molar-refractivity contribution < 1.29 is 13.6 Å². The molecule has 0 fully saturated rings. The van der Waals surface area contributed by atoms with Crippen LogP contribution in [0.3, 0.4) is 0 Å². The van der Waals surface area contributed by atoms with Gasteiger partial charge < -0.3 is 13.7 Å². The Labute approximate surface area is 149 Å². The predicted octanol–water partition coefficient (Wildman–Crippen LogP) is 3.71. The number of aromatic nitrogens is 2. The molecule has 3 heterocycles. The number of thioether (sulfide) groups is 1. The van der Waals surface area contributed by atoms with Crippen molar-refractivity contribution in [3.63, 3.8) is 0 Å². The summed E-state index contributed by atoms with van der Waals surface area (Å²) in [7, 11) is 0. The van der Waals surface area contributed by atoms with Gasteiger partial charge in [-0.15, -0.1) is 10.2 Å². The molecule has 0 N–H and O–H groups in total. The van der Waals surface area contributed by atoms with Crippen LogP contribution < -0.4 is 4.90 Å². The number of amides is 1. The first-order valence-electron chi connectivity index (χ1n) is 8.04. The van der Waals surface area contributed by atoms with Gasteiger partial charge in [0, 0.05) is 11.7 Å². The van der Waals surface area contributed by atoms with E-state index in [-0.39, 0.29) is 17.7 Å². The number of hydrogen-bond acceptors (Lipinski definition) is 6. The normalized spacial score (nSPS) is 16.2. The van der Waals surface area contributed by atoms with Gasteiger partial charge in [-0.25, -0.2) is 0 Å². The molecule has 0 unspecified atom stereocenters. The number of furan rings is 1. The van der Waals surface area contributed by atoms with Crippen LogP contribution in [0, 0.1) is 6.92 Å². The Bertz CT molecular complexity index is 918. The topological polar surface area (TPSA) is 72.4 Å². The highest BCUT2D eigenvalue weighted by Crippen LogP contribution is 2.33. The summed E-state index contributed by atoms with van der Waals surface area (Å²) in [6.45, 7) is 3.90. The molecule has 2 aromatic heterocycles. The molecular formula is C18H17N3O3S. The highest BCUT2D eigenvalue weighted by molar-refractivity contribution is 7.99. The van der Waals surface area contributed by atoms with Crippen LogP contribution >= 0.6 is 11.8 Å². The summed E-state index contributed by atoms with van der Waals surface area (Å²) >= 11 is 1.25. The summed E-state index contributed by atoms with van der Waals surface area (Å²) < 4.78 is 10.9. The zero-order chi connectivity index (χ0) is 17.4. The minimum Gasteiger partial charge on any atom is -0.469 e. The highest BCUT2D eigenvalue weighted by atomic mass is 32.2. The van der Waals surface area contributed by atoms with E-state index in [0.29, 0.717) is 11.1 Å². The monoisotopic (exact) mass is 355 g/mol. The molecule has 6 nitrogen and oxygen atoms in total. The van der Waals surface area contributed by atoms with Crippen molar-refractivity contribution in [3.05, 3.63) is 47.9 Å². The Kier molecular flexibility index (Phi) is 4.09. The summed E-state index contributed by atoms with van der Waals surface area (Å²) in [6, 6.07) is 9.98. The van der Waals surface area contributed by atoms with Gasteiger partial charge in [0.2, 0.25) is 5.91 Å². The Morgan fingerprint density at radius 3 is 2.96 bits per heavy atom. The zero-order valence-corrected chi connectivity index (χ0v) is 14.7. The smallest absolute Gasteiger partial charge is 0.277 e. The predicted molar refractivity (Wildman–Crippen MR) is 94.6 cm³/mol. The first-order valence-corrected chi connectivity index (χ1v) is 9.03. The van der Waals surface area contributed by atoms with Crippen LogP contribution in [0.15, 0.2) is 50.7 Å². The number of benzene rings is 1. The molecule has 4 rings (SSSR count). The van der Waals surface area contributed by atoms with Gasteiger partial charge in [0.1, 0.15) is 5.76 Å². The van der Waals surface area contributed by atoms with E-state index in [0.717, 1.165) is 23.4 Å². The molecule has 0 bridgehead atoms. The second kappa shape index (κ2) is 6.40. The van der Waals surface area contributed by atoms with Crippen LogP contribution in [-0.2, 0) is 11.2 Å². The Balaban J connectivity index is 1.45. The number of para-hydroxylation sites is 1. The molecule has 1 amide bonds. The van der Waals surface area contributed by atoms with Gasteiger partial charge in [-0.05, 0) is 38.0 Å². The van der Waals surface area contributed by atoms with Crippen molar-refractivity contribution in [1.82, 2.24) is 10.2 Å². The standard InChI is InChI=1S/C18H17N3O3S/c1-11-9-13-5-3-4-6-15(13)21(11)16(22)10-25-18-20-19-17(24-18)14-7-8-23-12(14)2/h3-8,11H,9-10H2,1-2H3/t11-/m0/s1. The van der Waals surface area contributed by atoms with E-state index in [4.69, 9.17) is 8.83 Å². The van der Waals surface area contributed by atoms with Crippen LogP contribution in [0.4, 0.5) is 5.69 Å². The summed E-state index contributed by atoms with van der Waals surface area (Å²) in [4.78, 5) is 14.5. The van der Waals surface area contributed by atoms with E-state index in [1.54, 1.807) is 12.3 Å². The molecule has 7 heteroatoms. The van der Waals surface area contributed by atoms with Crippen LogP contribution in [0.1, 0.15) is 18.2 Å². The van der Waals surface area contributed by atoms with E-state index in [2.05, 4.69) is 23.2 Å². The Hall–Kier alpha value is -2.54. The van der Waals surface area contributed by atoms with E-state index < -0.39 is 0 Å². The van der Waals surface area contributed by atoms with Crippen molar-refractivity contribution in [2.45, 2.75) is 31.5 Å². The lowest BCUT2D eigenvalue weighted by Crippen LogP contribution is -2.36. The maximum absolute atomic E-state index is 12.7. The fourth-order valence-corrected chi connectivity index (χ4v) is 3.74. The number of carbonyl (C=O) groups excluding carboxylic acids is 1. The number of aryl methyl sites for hydroxylation is 1. The second-order valence-electron chi connectivity index (χ2n) is 6.00. The minimum atomic E-state index is 0.0432. The quantitative estimate of drug-likeness (QED) is 0.664. The molecule has 3 aromatic rings. The lowest BCUT2D eigenvalue weighted by Gasteiger charge is -2.22. The van der Waals surface area contributed by atoms with Gasteiger partial charge in [-0.1, -0.05) is 30.0 Å². The van der Waals surface area contributed by atoms with Gasteiger partial charge in [0.25, 0.3) is 11.1 Å². The van der Waals surface area contributed by atoms with Crippen molar-refractivity contribution in [1.29, 1.82) is 0 Å². The van der Waals surface area contributed by atoms with Gasteiger partial charge in [-0.3, -0.25) is 4.79 Å². The van der Waals surface area contributed by atoms with Crippen LogP contribution in [0.25, 0.3) is 11.5 Å². The highest BCUT2D eigenvalue weighted by Gasteiger charge is 2.30. The molecule has 0 radical (unpaired) electrons. The lowest BCUT2D eigenvalue weighted by molar-refractivity contribution is -0.116. The van der Waals surface area contributed by atoms with Crippen LogP contribution in [0.2, 0.25) is 0 Å². The lowest BCUT2D eigenvalue weighted by atomic mass is 10.1. The fourth-order valence-electron chi connectivity index (χ4n) is 3.12. The number of hydrogen-bond donors (Lipinski definition) is 0. The van der Waals surface area contributed by atoms with Crippen LogP contribution in [-0.4, -0.2) is 27.9 Å². The zero-order valence-electron chi connectivity index (χ0n) is 13.9.